The van der Waals surface area contributed by atoms with Gasteiger partial charge in [-0.25, -0.2) is 17.9 Å². The summed E-state index contributed by atoms with van der Waals surface area (Å²) >= 11 is 0. The van der Waals surface area contributed by atoms with Crippen LogP contribution in [0, 0.1) is 10.1 Å². The molecule has 2 heterocycles. The van der Waals surface area contributed by atoms with E-state index in [1.165, 1.54) is 16.4 Å². The second-order valence-corrected chi connectivity index (χ2v) is 9.02. The number of nitrogens with zero attached hydrogens (tertiary/aromatic N) is 4. The molecule has 166 valence electrons. The van der Waals surface area contributed by atoms with E-state index in [0.29, 0.717) is 12.0 Å². The number of carbonyl (C=O) groups excluding carboxylic acids is 1. The van der Waals surface area contributed by atoms with Crippen LogP contribution in [-0.4, -0.2) is 46.5 Å². The molecule has 0 bridgehead atoms. The maximum Gasteiger partial charge on any atom is 0.359 e. The predicted octanol–water partition coefficient (Wildman–Crippen LogP) is 2.70. The molecule has 32 heavy (non-hydrogen) atoms. The summed E-state index contributed by atoms with van der Waals surface area (Å²) in [5.74, 6) is -0.618. The number of hydrogen-bond acceptors (Lipinski definition) is 7. The SMILES string of the molecule is CCOC(=O)c1nn(-c2ccccc2)c2c1CN(S(=O)(=O)c1ccc([N+](=O)[O-])cc1)CC2. The molecular formula is C21H20N4O6S. The van der Waals surface area contributed by atoms with Crippen LogP contribution in [0.1, 0.15) is 28.7 Å². The van der Waals surface area contributed by atoms with E-state index < -0.39 is 20.9 Å². The number of nitro groups is 1. The summed E-state index contributed by atoms with van der Waals surface area (Å²) in [6, 6.07) is 14.0. The molecule has 0 unspecified atom stereocenters. The highest BCUT2D eigenvalue weighted by Gasteiger charge is 2.35. The molecule has 0 fully saturated rings. The Morgan fingerprint density at radius 3 is 2.47 bits per heavy atom. The largest absolute Gasteiger partial charge is 0.461 e. The van der Waals surface area contributed by atoms with E-state index in [4.69, 9.17) is 4.74 Å². The van der Waals surface area contributed by atoms with Crippen molar-refractivity contribution < 1.29 is 22.9 Å². The zero-order valence-corrected chi connectivity index (χ0v) is 18.0. The molecular weight excluding hydrogens is 436 g/mol. The van der Waals surface area contributed by atoms with Crippen LogP contribution in [0.3, 0.4) is 0 Å². The van der Waals surface area contributed by atoms with Crippen LogP contribution in [0.4, 0.5) is 5.69 Å². The molecule has 1 aliphatic heterocycles. The number of nitro benzene ring substituents is 1. The maximum absolute atomic E-state index is 13.2. The van der Waals surface area contributed by atoms with Crippen LogP contribution in [0.15, 0.2) is 59.5 Å². The fourth-order valence-electron chi connectivity index (χ4n) is 3.63. The Morgan fingerprint density at radius 2 is 1.84 bits per heavy atom. The minimum atomic E-state index is -3.94. The Morgan fingerprint density at radius 1 is 1.16 bits per heavy atom. The van der Waals surface area contributed by atoms with Gasteiger partial charge >= 0.3 is 5.97 Å². The molecule has 2 aromatic carbocycles. The Balaban J connectivity index is 1.72. The standard InChI is InChI=1S/C21H20N4O6S/c1-2-31-21(26)20-18-14-23(32(29,30)17-10-8-16(9-11-17)25(27)28)13-12-19(18)24(22-20)15-6-4-3-5-7-15/h3-11H,2,12-14H2,1H3. The summed E-state index contributed by atoms with van der Waals surface area (Å²) in [6.07, 6.45) is 0.336. The van der Waals surface area contributed by atoms with Crippen molar-refractivity contribution >= 4 is 21.7 Å². The van der Waals surface area contributed by atoms with E-state index >= 15 is 0 Å². The lowest BCUT2D eigenvalue weighted by molar-refractivity contribution is -0.384. The van der Waals surface area contributed by atoms with Gasteiger partial charge in [0.05, 0.1) is 27.8 Å². The van der Waals surface area contributed by atoms with Gasteiger partial charge in [-0.15, -0.1) is 0 Å². The monoisotopic (exact) mass is 456 g/mol. The zero-order chi connectivity index (χ0) is 22.9. The highest BCUT2D eigenvalue weighted by Crippen LogP contribution is 2.30. The van der Waals surface area contributed by atoms with Crippen LogP contribution in [0.25, 0.3) is 5.69 Å². The van der Waals surface area contributed by atoms with Crippen molar-refractivity contribution in [3.63, 3.8) is 0 Å². The fourth-order valence-corrected chi connectivity index (χ4v) is 5.04. The topological polar surface area (TPSA) is 125 Å². The first kappa shape index (κ1) is 21.7. The molecule has 0 amide bonds. The first-order valence-corrected chi connectivity index (χ1v) is 11.3. The van der Waals surface area contributed by atoms with Gasteiger partial charge in [0.15, 0.2) is 5.69 Å². The zero-order valence-electron chi connectivity index (χ0n) is 17.2. The Bertz CT molecular complexity index is 1270. The Hall–Kier alpha value is -3.57. The number of benzene rings is 2. The maximum atomic E-state index is 13.2. The van der Waals surface area contributed by atoms with Gasteiger partial charge in [0.2, 0.25) is 10.0 Å². The van der Waals surface area contributed by atoms with Crippen LogP contribution >= 0.6 is 0 Å². The van der Waals surface area contributed by atoms with Gasteiger partial charge in [-0.05, 0) is 31.2 Å². The molecule has 0 atom stereocenters. The quantitative estimate of drug-likeness (QED) is 0.317. The van der Waals surface area contributed by atoms with Crippen molar-refractivity contribution in [3.8, 4) is 5.69 Å². The van der Waals surface area contributed by atoms with Crippen molar-refractivity contribution in [2.24, 2.45) is 0 Å². The number of sulfonamides is 1. The summed E-state index contributed by atoms with van der Waals surface area (Å²) in [6.45, 7) is 1.96. The van der Waals surface area contributed by atoms with Gasteiger partial charge in [0.1, 0.15) is 0 Å². The third-order valence-corrected chi connectivity index (χ3v) is 7.04. The second kappa shape index (κ2) is 8.52. The molecule has 10 nitrogen and oxygen atoms in total. The third-order valence-electron chi connectivity index (χ3n) is 5.18. The van der Waals surface area contributed by atoms with E-state index in [0.717, 1.165) is 23.5 Å². The summed E-state index contributed by atoms with van der Waals surface area (Å²) in [4.78, 5) is 22.8. The van der Waals surface area contributed by atoms with Crippen molar-refractivity contribution in [2.75, 3.05) is 13.2 Å². The average Bonchev–Trinajstić information content (AvgIpc) is 3.19. The molecule has 1 aliphatic rings. The minimum absolute atomic E-state index is 0.0558. The average molecular weight is 456 g/mol. The molecule has 4 rings (SSSR count). The number of carbonyl (C=O) groups is 1. The van der Waals surface area contributed by atoms with Crippen molar-refractivity contribution in [3.05, 3.63) is 81.7 Å². The number of hydrogen-bond donors (Lipinski definition) is 0. The van der Waals surface area contributed by atoms with E-state index in [-0.39, 0.29) is 36.0 Å². The lowest BCUT2D eigenvalue weighted by Crippen LogP contribution is -2.36. The van der Waals surface area contributed by atoms with Gasteiger partial charge < -0.3 is 4.74 Å². The Kier molecular flexibility index (Phi) is 5.76. The molecule has 0 radical (unpaired) electrons. The lowest BCUT2D eigenvalue weighted by atomic mass is 10.1. The predicted molar refractivity (Wildman–Crippen MR) is 114 cm³/mol. The van der Waals surface area contributed by atoms with Crippen LogP contribution < -0.4 is 0 Å². The number of fused-ring (bicyclic) bond motifs is 1. The van der Waals surface area contributed by atoms with E-state index in [2.05, 4.69) is 5.10 Å². The fraction of sp³-hybridized carbons (Fsp3) is 0.238. The van der Waals surface area contributed by atoms with Crippen LogP contribution in [-0.2, 0) is 27.7 Å². The summed E-state index contributed by atoms with van der Waals surface area (Å²) in [5, 5.41) is 15.3. The summed E-state index contributed by atoms with van der Waals surface area (Å²) in [5.41, 5.74) is 1.87. The normalized spacial score (nSPS) is 14.0. The van der Waals surface area contributed by atoms with Crippen LogP contribution in [0.2, 0.25) is 0 Å². The van der Waals surface area contributed by atoms with Crippen molar-refractivity contribution in [2.45, 2.75) is 24.8 Å². The van der Waals surface area contributed by atoms with E-state index in [1.807, 2.05) is 30.3 Å². The number of non-ortho nitro benzene ring substituents is 1. The van der Waals surface area contributed by atoms with Gasteiger partial charge in [-0.1, -0.05) is 18.2 Å². The van der Waals surface area contributed by atoms with E-state index in [9.17, 15) is 23.3 Å². The summed E-state index contributed by atoms with van der Waals surface area (Å²) < 4.78 is 34.4. The van der Waals surface area contributed by atoms with Gasteiger partial charge in [-0.3, -0.25) is 10.1 Å². The second-order valence-electron chi connectivity index (χ2n) is 7.08. The highest BCUT2D eigenvalue weighted by atomic mass is 32.2. The number of aromatic nitrogens is 2. The molecule has 3 aromatic rings. The molecule has 0 spiro atoms. The van der Waals surface area contributed by atoms with Gasteiger partial charge in [0.25, 0.3) is 5.69 Å². The van der Waals surface area contributed by atoms with Crippen molar-refractivity contribution in [1.82, 2.24) is 14.1 Å². The molecule has 0 saturated carbocycles. The van der Waals surface area contributed by atoms with Gasteiger partial charge in [-0.2, -0.15) is 9.40 Å². The smallest absolute Gasteiger partial charge is 0.359 e. The number of para-hydroxylation sites is 1. The van der Waals surface area contributed by atoms with E-state index in [1.54, 1.807) is 11.6 Å². The highest BCUT2D eigenvalue weighted by molar-refractivity contribution is 7.89. The van der Waals surface area contributed by atoms with Crippen LogP contribution in [0.5, 0.6) is 0 Å². The molecule has 0 N–H and O–H groups in total. The number of rotatable bonds is 6. The first-order valence-electron chi connectivity index (χ1n) is 9.91. The third kappa shape index (κ3) is 3.87. The molecule has 0 saturated heterocycles. The Labute approximate surface area is 184 Å². The molecule has 11 heteroatoms. The summed E-state index contributed by atoms with van der Waals surface area (Å²) in [7, 11) is -3.94. The number of esters is 1. The van der Waals surface area contributed by atoms with Crippen molar-refractivity contribution in [1.29, 1.82) is 0 Å². The molecule has 0 aliphatic carbocycles. The molecule has 1 aromatic heterocycles. The number of ether oxygens (including phenoxy) is 1. The lowest BCUT2D eigenvalue weighted by Gasteiger charge is -2.27. The van der Waals surface area contributed by atoms with Gasteiger partial charge in [0, 0.05) is 37.2 Å². The first-order chi connectivity index (χ1) is 15.3. The minimum Gasteiger partial charge on any atom is -0.461 e.